The third-order valence-electron chi connectivity index (χ3n) is 2.21. The molecule has 0 aliphatic heterocycles. The van der Waals surface area contributed by atoms with Crippen LogP contribution >= 0.6 is 62.1 Å². The van der Waals surface area contributed by atoms with E-state index < -0.39 is 6.10 Å². The first-order chi connectivity index (χ1) is 8.00. The molecule has 1 unspecified atom stereocenters. The molecule has 1 aromatic heterocycles. The van der Waals surface area contributed by atoms with Crippen LogP contribution in [0.5, 0.6) is 0 Å². The van der Waals surface area contributed by atoms with Crippen molar-refractivity contribution in [3.8, 4) is 0 Å². The second-order valence-corrected chi connectivity index (χ2v) is 6.66. The Morgan fingerprint density at radius 2 is 1.76 bits per heavy atom. The van der Waals surface area contributed by atoms with Gasteiger partial charge in [0.15, 0.2) is 0 Å². The standard InChI is InChI=1S/C11H6BrCl3OS/c12-5-4-8(17-11(5)15)10(16)9-6(13)2-1-3-7(9)14/h1-4,10,16H. The maximum atomic E-state index is 10.3. The van der Waals surface area contributed by atoms with Crippen LogP contribution in [-0.2, 0) is 0 Å². The lowest BCUT2D eigenvalue weighted by Crippen LogP contribution is -1.99. The number of thiophene rings is 1. The van der Waals surface area contributed by atoms with Gasteiger partial charge in [0.1, 0.15) is 10.4 Å². The quantitative estimate of drug-likeness (QED) is 0.732. The summed E-state index contributed by atoms with van der Waals surface area (Å²) in [5, 5.41) is 11.1. The largest absolute Gasteiger partial charge is 0.383 e. The summed E-state index contributed by atoms with van der Waals surface area (Å²) in [6.07, 6.45) is -0.870. The smallest absolute Gasteiger partial charge is 0.116 e. The predicted octanol–water partition coefficient (Wildman–Crippen LogP) is 5.55. The minimum absolute atomic E-state index is 0.436. The van der Waals surface area contributed by atoms with Crippen molar-refractivity contribution < 1.29 is 5.11 Å². The van der Waals surface area contributed by atoms with Gasteiger partial charge in [0.25, 0.3) is 0 Å². The molecular weight excluding hydrogens is 366 g/mol. The summed E-state index contributed by atoms with van der Waals surface area (Å²) in [7, 11) is 0. The molecule has 0 radical (unpaired) electrons. The Hall–Kier alpha value is 0.230. The highest BCUT2D eigenvalue weighted by Crippen LogP contribution is 2.40. The van der Waals surface area contributed by atoms with Gasteiger partial charge in [-0.25, -0.2) is 0 Å². The van der Waals surface area contributed by atoms with Crippen molar-refractivity contribution in [3.05, 3.63) is 53.6 Å². The highest BCUT2D eigenvalue weighted by Gasteiger charge is 2.20. The zero-order chi connectivity index (χ0) is 12.6. The number of hydrogen-bond acceptors (Lipinski definition) is 2. The summed E-state index contributed by atoms with van der Waals surface area (Å²) >= 11 is 22.6. The molecule has 2 aromatic rings. The summed E-state index contributed by atoms with van der Waals surface area (Å²) in [6, 6.07) is 6.88. The van der Waals surface area contributed by atoms with Gasteiger partial charge in [0.2, 0.25) is 0 Å². The van der Waals surface area contributed by atoms with Crippen molar-refractivity contribution >= 4 is 62.1 Å². The predicted molar refractivity (Wildman–Crippen MR) is 77.6 cm³/mol. The number of aliphatic hydroxyl groups is 1. The molecule has 1 atom stereocenters. The molecule has 0 aliphatic carbocycles. The Balaban J connectivity index is 2.47. The molecule has 0 saturated heterocycles. The van der Waals surface area contributed by atoms with E-state index in [1.54, 1.807) is 24.3 Å². The summed E-state index contributed by atoms with van der Waals surface area (Å²) in [4.78, 5) is 0.692. The van der Waals surface area contributed by atoms with E-state index in [4.69, 9.17) is 34.8 Å². The normalized spacial score (nSPS) is 12.8. The number of aliphatic hydroxyl groups excluding tert-OH is 1. The maximum absolute atomic E-state index is 10.3. The van der Waals surface area contributed by atoms with Gasteiger partial charge in [-0.2, -0.15) is 0 Å². The number of hydrogen-bond donors (Lipinski definition) is 1. The molecule has 2 rings (SSSR count). The van der Waals surface area contributed by atoms with Gasteiger partial charge in [0.05, 0.1) is 0 Å². The summed E-state index contributed by atoms with van der Waals surface area (Å²) < 4.78 is 1.34. The topological polar surface area (TPSA) is 20.2 Å². The molecule has 0 amide bonds. The zero-order valence-electron chi connectivity index (χ0n) is 8.25. The van der Waals surface area contributed by atoms with Crippen molar-refractivity contribution in [2.45, 2.75) is 6.10 Å². The Labute approximate surface area is 126 Å². The minimum atomic E-state index is -0.870. The van der Waals surface area contributed by atoms with E-state index in [2.05, 4.69) is 15.9 Å². The van der Waals surface area contributed by atoms with E-state index in [0.29, 0.717) is 24.8 Å². The van der Waals surface area contributed by atoms with Crippen LogP contribution in [0.1, 0.15) is 16.5 Å². The van der Waals surface area contributed by atoms with Crippen LogP contribution in [0.3, 0.4) is 0 Å². The highest BCUT2D eigenvalue weighted by molar-refractivity contribution is 9.10. The zero-order valence-corrected chi connectivity index (χ0v) is 12.9. The van der Waals surface area contributed by atoms with Crippen molar-refractivity contribution in [2.24, 2.45) is 0 Å². The minimum Gasteiger partial charge on any atom is -0.383 e. The van der Waals surface area contributed by atoms with E-state index in [0.717, 1.165) is 4.47 Å². The van der Waals surface area contributed by atoms with Crippen molar-refractivity contribution in [1.29, 1.82) is 0 Å². The van der Waals surface area contributed by atoms with Crippen molar-refractivity contribution in [3.63, 3.8) is 0 Å². The van der Waals surface area contributed by atoms with Gasteiger partial charge in [-0.05, 0) is 34.1 Å². The molecule has 0 spiro atoms. The molecule has 0 bridgehead atoms. The molecule has 1 N–H and O–H groups in total. The first-order valence-corrected chi connectivity index (χ1v) is 7.31. The summed E-state index contributed by atoms with van der Waals surface area (Å²) in [5.74, 6) is 0. The van der Waals surface area contributed by atoms with Crippen molar-refractivity contribution in [2.75, 3.05) is 0 Å². The molecule has 1 heterocycles. The van der Waals surface area contributed by atoms with E-state index in [9.17, 15) is 5.11 Å². The van der Waals surface area contributed by atoms with Crippen LogP contribution in [0.4, 0.5) is 0 Å². The fourth-order valence-corrected chi connectivity index (χ4v) is 3.75. The molecule has 1 aromatic carbocycles. The molecule has 6 heteroatoms. The molecule has 90 valence electrons. The van der Waals surface area contributed by atoms with Gasteiger partial charge in [-0.3, -0.25) is 0 Å². The lowest BCUT2D eigenvalue weighted by Gasteiger charge is -2.12. The van der Waals surface area contributed by atoms with Gasteiger partial charge in [0, 0.05) is 25.0 Å². The fraction of sp³-hybridized carbons (Fsp3) is 0.0909. The average molecular weight is 372 g/mol. The van der Waals surface area contributed by atoms with Gasteiger partial charge < -0.3 is 5.11 Å². The molecule has 17 heavy (non-hydrogen) atoms. The number of halogens is 4. The first-order valence-electron chi connectivity index (χ1n) is 4.57. The average Bonchev–Trinajstić information content (AvgIpc) is 2.59. The molecule has 1 nitrogen and oxygen atoms in total. The van der Waals surface area contributed by atoms with Crippen LogP contribution in [0.25, 0.3) is 0 Å². The van der Waals surface area contributed by atoms with Crippen LogP contribution in [0, 0.1) is 0 Å². The Morgan fingerprint density at radius 1 is 1.18 bits per heavy atom. The lowest BCUT2D eigenvalue weighted by atomic mass is 10.1. The first kappa shape index (κ1) is 13.7. The van der Waals surface area contributed by atoms with Crippen LogP contribution in [0.15, 0.2) is 28.7 Å². The number of rotatable bonds is 2. The van der Waals surface area contributed by atoms with Crippen LogP contribution < -0.4 is 0 Å². The third-order valence-corrected chi connectivity index (χ3v) is 5.39. The lowest BCUT2D eigenvalue weighted by molar-refractivity contribution is 0.224. The van der Waals surface area contributed by atoms with Crippen molar-refractivity contribution in [1.82, 2.24) is 0 Å². The van der Waals surface area contributed by atoms with Crippen LogP contribution in [0.2, 0.25) is 14.4 Å². The second kappa shape index (κ2) is 5.47. The van der Waals surface area contributed by atoms with E-state index in [-0.39, 0.29) is 0 Å². The Morgan fingerprint density at radius 3 is 2.24 bits per heavy atom. The summed E-state index contributed by atoms with van der Waals surface area (Å²) in [5.41, 5.74) is 0.501. The van der Waals surface area contributed by atoms with Crippen LogP contribution in [-0.4, -0.2) is 5.11 Å². The van der Waals surface area contributed by atoms with Gasteiger partial charge in [-0.1, -0.05) is 40.9 Å². The Kier molecular flexibility index (Phi) is 4.40. The van der Waals surface area contributed by atoms with Gasteiger partial charge >= 0.3 is 0 Å². The van der Waals surface area contributed by atoms with E-state index >= 15 is 0 Å². The Bertz CT molecular complexity index is 516. The highest BCUT2D eigenvalue weighted by atomic mass is 79.9. The van der Waals surface area contributed by atoms with E-state index in [1.165, 1.54) is 11.3 Å². The van der Waals surface area contributed by atoms with Gasteiger partial charge in [-0.15, -0.1) is 11.3 Å². The molecule has 0 fully saturated rings. The van der Waals surface area contributed by atoms with E-state index in [1.807, 2.05) is 0 Å². The fourth-order valence-electron chi connectivity index (χ4n) is 1.41. The molecule has 0 aliphatic rings. The second-order valence-electron chi connectivity index (χ2n) is 3.31. The SMILES string of the molecule is OC(c1cc(Br)c(Cl)s1)c1c(Cl)cccc1Cl. The molecular formula is C11H6BrCl3OS. The monoisotopic (exact) mass is 370 g/mol. The summed E-state index contributed by atoms with van der Waals surface area (Å²) in [6.45, 7) is 0. The molecule has 0 saturated carbocycles. The third kappa shape index (κ3) is 2.80. The maximum Gasteiger partial charge on any atom is 0.116 e. The number of benzene rings is 1.